The molecule has 0 aliphatic carbocycles. The summed E-state index contributed by atoms with van der Waals surface area (Å²) < 4.78 is 0. The number of anilines is 1. The van der Waals surface area contributed by atoms with Crippen LogP contribution in [0, 0.1) is 5.92 Å². The van der Waals surface area contributed by atoms with E-state index in [2.05, 4.69) is 13.8 Å². The summed E-state index contributed by atoms with van der Waals surface area (Å²) in [7, 11) is 3.63. The first-order chi connectivity index (χ1) is 12.8. The van der Waals surface area contributed by atoms with Crippen molar-refractivity contribution in [1.29, 1.82) is 0 Å². The zero-order valence-corrected chi connectivity index (χ0v) is 16.6. The summed E-state index contributed by atoms with van der Waals surface area (Å²) in [5.41, 5.74) is 2.07. The minimum Gasteiger partial charge on any atom is -0.345 e. The highest BCUT2D eigenvalue weighted by molar-refractivity contribution is 6.09. The molecule has 27 heavy (non-hydrogen) atoms. The van der Waals surface area contributed by atoms with E-state index in [0.29, 0.717) is 18.9 Å². The molecule has 0 bridgehead atoms. The SMILES string of the molecule is CC(C)CN(C)C(=O)C[C@]1(Cc2ccccc2)C(=O)N(C)c2ccccc21. The molecule has 3 rings (SSSR count). The highest BCUT2D eigenvalue weighted by Gasteiger charge is 2.51. The van der Waals surface area contributed by atoms with Crippen LogP contribution < -0.4 is 4.90 Å². The highest BCUT2D eigenvalue weighted by atomic mass is 16.2. The van der Waals surface area contributed by atoms with Crippen LogP contribution in [0.1, 0.15) is 31.4 Å². The molecule has 142 valence electrons. The zero-order valence-electron chi connectivity index (χ0n) is 16.6. The lowest BCUT2D eigenvalue weighted by Crippen LogP contribution is -2.45. The number of rotatable bonds is 6. The van der Waals surface area contributed by atoms with Gasteiger partial charge in [0, 0.05) is 32.7 Å². The number of hydrogen-bond donors (Lipinski definition) is 0. The Labute approximate surface area is 161 Å². The Hall–Kier alpha value is -2.62. The van der Waals surface area contributed by atoms with E-state index in [1.807, 2.05) is 61.6 Å². The van der Waals surface area contributed by atoms with Gasteiger partial charge in [0.25, 0.3) is 0 Å². The van der Waals surface area contributed by atoms with E-state index >= 15 is 0 Å². The molecule has 0 saturated heterocycles. The van der Waals surface area contributed by atoms with Gasteiger partial charge in [-0.05, 0) is 29.5 Å². The minimum absolute atomic E-state index is 0.00106. The number of amides is 2. The Kier molecular flexibility index (Phi) is 5.36. The number of nitrogens with zero attached hydrogens (tertiary/aromatic N) is 2. The van der Waals surface area contributed by atoms with Gasteiger partial charge in [-0.1, -0.05) is 62.4 Å². The number of fused-ring (bicyclic) bond motifs is 1. The third-order valence-electron chi connectivity index (χ3n) is 5.36. The number of likely N-dealkylation sites (N-methyl/N-ethyl adjacent to an activating group) is 1. The summed E-state index contributed by atoms with van der Waals surface area (Å²) in [6.45, 7) is 4.87. The Morgan fingerprint density at radius 1 is 1.07 bits per heavy atom. The molecule has 1 aliphatic heterocycles. The summed E-state index contributed by atoms with van der Waals surface area (Å²) in [6.07, 6.45) is 0.709. The third kappa shape index (κ3) is 3.61. The largest absolute Gasteiger partial charge is 0.345 e. The number of hydrogen-bond acceptors (Lipinski definition) is 2. The molecule has 4 nitrogen and oxygen atoms in total. The predicted molar refractivity (Wildman–Crippen MR) is 109 cm³/mol. The quantitative estimate of drug-likeness (QED) is 0.785. The van der Waals surface area contributed by atoms with Gasteiger partial charge in [-0.25, -0.2) is 0 Å². The molecule has 0 aromatic heterocycles. The summed E-state index contributed by atoms with van der Waals surface area (Å²) in [4.78, 5) is 29.9. The van der Waals surface area contributed by atoms with Gasteiger partial charge in [-0.2, -0.15) is 0 Å². The lowest BCUT2D eigenvalue weighted by molar-refractivity contribution is -0.135. The van der Waals surface area contributed by atoms with Crippen LogP contribution in [0.25, 0.3) is 0 Å². The normalized spacial score (nSPS) is 18.7. The van der Waals surface area contributed by atoms with E-state index in [1.165, 1.54) is 0 Å². The van der Waals surface area contributed by atoms with Crippen LogP contribution in [0.4, 0.5) is 5.69 Å². The van der Waals surface area contributed by atoms with Crippen LogP contribution in [0.3, 0.4) is 0 Å². The van der Waals surface area contributed by atoms with Crippen molar-refractivity contribution in [1.82, 2.24) is 4.90 Å². The second-order valence-corrected chi connectivity index (χ2v) is 7.97. The average Bonchev–Trinajstić information content (AvgIpc) is 2.85. The minimum atomic E-state index is -0.852. The van der Waals surface area contributed by atoms with Crippen LogP contribution in [0.5, 0.6) is 0 Å². The van der Waals surface area contributed by atoms with Crippen molar-refractivity contribution in [3.8, 4) is 0 Å². The van der Waals surface area contributed by atoms with E-state index in [1.54, 1.807) is 16.8 Å². The van der Waals surface area contributed by atoms with Crippen LogP contribution in [0.15, 0.2) is 54.6 Å². The lowest BCUT2D eigenvalue weighted by Gasteiger charge is -2.30. The smallest absolute Gasteiger partial charge is 0.238 e. The van der Waals surface area contributed by atoms with Crippen molar-refractivity contribution in [2.24, 2.45) is 5.92 Å². The number of benzene rings is 2. The van der Waals surface area contributed by atoms with Gasteiger partial charge in [-0.3, -0.25) is 9.59 Å². The van der Waals surface area contributed by atoms with E-state index in [-0.39, 0.29) is 18.2 Å². The lowest BCUT2D eigenvalue weighted by atomic mass is 9.73. The summed E-state index contributed by atoms with van der Waals surface area (Å²) in [5, 5.41) is 0. The highest BCUT2D eigenvalue weighted by Crippen LogP contribution is 2.45. The molecule has 1 heterocycles. The first kappa shape index (κ1) is 19.2. The second kappa shape index (κ2) is 7.55. The van der Waals surface area contributed by atoms with Gasteiger partial charge in [-0.15, -0.1) is 0 Å². The molecule has 1 aliphatic rings. The van der Waals surface area contributed by atoms with Gasteiger partial charge >= 0.3 is 0 Å². The Morgan fingerprint density at radius 2 is 1.70 bits per heavy atom. The van der Waals surface area contributed by atoms with E-state index in [9.17, 15) is 9.59 Å². The van der Waals surface area contributed by atoms with Crippen molar-refractivity contribution in [3.63, 3.8) is 0 Å². The molecule has 0 radical (unpaired) electrons. The first-order valence-electron chi connectivity index (χ1n) is 9.50. The van der Waals surface area contributed by atoms with Gasteiger partial charge in [0.2, 0.25) is 11.8 Å². The second-order valence-electron chi connectivity index (χ2n) is 7.97. The maximum atomic E-state index is 13.4. The van der Waals surface area contributed by atoms with E-state index in [4.69, 9.17) is 0 Å². The van der Waals surface area contributed by atoms with E-state index < -0.39 is 5.41 Å². The average molecular weight is 364 g/mol. The Bertz CT molecular complexity index is 831. The standard InChI is InChI=1S/C23H28N2O2/c1-17(2)16-24(3)21(26)15-23(14-18-10-6-5-7-11-18)19-12-8-9-13-20(19)25(4)22(23)27/h5-13,17H,14-16H2,1-4H3/t23-/m0/s1. The summed E-state index contributed by atoms with van der Waals surface area (Å²) in [5.74, 6) is 0.398. The fourth-order valence-corrected chi connectivity index (χ4v) is 4.11. The van der Waals surface area contributed by atoms with Gasteiger partial charge in [0.15, 0.2) is 0 Å². The number of para-hydroxylation sites is 1. The molecule has 4 heteroatoms. The molecule has 2 amide bonds. The van der Waals surface area contributed by atoms with Crippen LogP contribution in [-0.2, 0) is 21.4 Å². The summed E-state index contributed by atoms with van der Waals surface area (Å²) in [6, 6.07) is 17.8. The topological polar surface area (TPSA) is 40.6 Å². The molecule has 0 fully saturated rings. The number of carbonyl (C=O) groups excluding carboxylic acids is 2. The van der Waals surface area contributed by atoms with Gasteiger partial charge in [0.1, 0.15) is 0 Å². The van der Waals surface area contributed by atoms with Crippen molar-refractivity contribution < 1.29 is 9.59 Å². The maximum absolute atomic E-state index is 13.4. The molecular formula is C23H28N2O2. The first-order valence-corrected chi connectivity index (χ1v) is 9.50. The molecule has 0 saturated carbocycles. The molecule has 2 aromatic rings. The fraction of sp³-hybridized carbons (Fsp3) is 0.391. The monoisotopic (exact) mass is 364 g/mol. The molecule has 1 atom stereocenters. The van der Waals surface area contributed by atoms with Gasteiger partial charge < -0.3 is 9.80 Å². The molecular weight excluding hydrogens is 336 g/mol. The maximum Gasteiger partial charge on any atom is 0.238 e. The molecule has 2 aromatic carbocycles. The third-order valence-corrected chi connectivity index (χ3v) is 5.36. The van der Waals surface area contributed by atoms with Crippen LogP contribution in [-0.4, -0.2) is 37.4 Å². The van der Waals surface area contributed by atoms with Crippen LogP contribution >= 0.6 is 0 Å². The Balaban J connectivity index is 2.03. The number of carbonyl (C=O) groups is 2. The molecule has 0 N–H and O–H groups in total. The summed E-state index contributed by atoms with van der Waals surface area (Å²) >= 11 is 0. The van der Waals surface area contributed by atoms with Crippen molar-refractivity contribution in [2.45, 2.75) is 32.1 Å². The van der Waals surface area contributed by atoms with Gasteiger partial charge in [0.05, 0.1) is 5.41 Å². The molecule has 0 spiro atoms. The van der Waals surface area contributed by atoms with Crippen molar-refractivity contribution >= 4 is 17.5 Å². The predicted octanol–water partition coefficient (Wildman–Crippen LogP) is 3.65. The zero-order chi connectivity index (χ0) is 19.6. The van der Waals surface area contributed by atoms with Crippen molar-refractivity contribution in [2.75, 3.05) is 25.5 Å². The van der Waals surface area contributed by atoms with E-state index in [0.717, 1.165) is 16.8 Å². The Morgan fingerprint density at radius 3 is 2.37 bits per heavy atom. The van der Waals surface area contributed by atoms with Crippen LogP contribution in [0.2, 0.25) is 0 Å². The fourth-order valence-electron chi connectivity index (χ4n) is 4.11. The van der Waals surface area contributed by atoms with Crippen molar-refractivity contribution in [3.05, 3.63) is 65.7 Å². The molecule has 0 unspecified atom stereocenters.